The first-order valence-corrected chi connectivity index (χ1v) is 9.43. The fourth-order valence-corrected chi connectivity index (χ4v) is 3.79. The first-order chi connectivity index (χ1) is 11.3. The predicted molar refractivity (Wildman–Crippen MR) is 99.9 cm³/mol. The molecule has 0 amide bonds. The van der Waals surface area contributed by atoms with E-state index in [0.717, 1.165) is 12.3 Å². The Bertz CT molecular complexity index is 568. The zero-order chi connectivity index (χ0) is 15.9. The molecule has 0 bridgehead atoms. The molecule has 2 aromatic carbocycles. The molecule has 122 valence electrons. The van der Waals surface area contributed by atoms with Crippen molar-refractivity contribution in [3.05, 3.63) is 70.8 Å². The SMILES string of the molecule is Cc1ccc(Cc2ccc(CCC3CCCCCC3)cc2)cc1. The Morgan fingerprint density at radius 2 is 1.22 bits per heavy atom. The quantitative estimate of drug-likeness (QED) is 0.554. The van der Waals surface area contributed by atoms with E-state index in [1.54, 1.807) is 0 Å². The van der Waals surface area contributed by atoms with Crippen LogP contribution in [0.3, 0.4) is 0 Å². The zero-order valence-electron chi connectivity index (χ0n) is 14.6. The first-order valence-electron chi connectivity index (χ1n) is 9.43. The standard InChI is InChI=1S/C23H30/c1-19-8-10-22(11-9-19)18-23-16-14-21(15-17-23)13-12-20-6-4-2-3-5-7-20/h8-11,14-17,20H,2-7,12-13,18H2,1H3. The largest absolute Gasteiger partial charge is 0.0590 e. The molecule has 0 heterocycles. The molecular weight excluding hydrogens is 276 g/mol. The maximum absolute atomic E-state index is 2.35. The fourth-order valence-electron chi connectivity index (χ4n) is 3.79. The Morgan fingerprint density at radius 1 is 0.696 bits per heavy atom. The Labute approximate surface area is 141 Å². The van der Waals surface area contributed by atoms with Crippen LogP contribution in [0.5, 0.6) is 0 Å². The highest BCUT2D eigenvalue weighted by molar-refractivity contribution is 5.30. The van der Waals surface area contributed by atoms with E-state index in [0.29, 0.717) is 0 Å². The van der Waals surface area contributed by atoms with Gasteiger partial charge in [0.15, 0.2) is 0 Å². The highest BCUT2D eigenvalue weighted by atomic mass is 14.2. The Kier molecular flexibility index (Phi) is 5.91. The molecule has 0 atom stereocenters. The summed E-state index contributed by atoms with van der Waals surface area (Å²) in [5.74, 6) is 0.977. The molecular formula is C23H30. The molecule has 0 radical (unpaired) electrons. The molecule has 2 aromatic rings. The number of benzene rings is 2. The van der Waals surface area contributed by atoms with Crippen molar-refractivity contribution in [2.45, 2.75) is 64.7 Å². The lowest BCUT2D eigenvalue weighted by Crippen LogP contribution is -2.01. The molecule has 0 N–H and O–H groups in total. The molecule has 0 heteroatoms. The van der Waals surface area contributed by atoms with Crippen LogP contribution in [0, 0.1) is 12.8 Å². The van der Waals surface area contributed by atoms with Gasteiger partial charge >= 0.3 is 0 Å². The summed E-state index contributed by atoms with van der Waals surface area (Å²) in [6, 6.07) is 18.2. The van der Waals surface area contributed by atoms with Crippen molar-refractivity contribution in [1.82, 2.24) is 0 Å². The van der Waals surface area contributed by atoms with Gasteiger partial charge in [-0.2, -0.15) is 0 Å². The Hall–Kier alpha value is -1.56. The van der Waals surface area contributed by atoms with Gasteiger partial charge in [0.05, 0.1) is 0 Å². The number of aryl methyl sites for hydroxylation is 2. The monoisotopic (exact) mass is 306 g/mol. The van der Waals surface area contributed by atoms with E-state index in [4.69, 9.17) is 0 Å². The van der Waals surface area contributed by atoms with Gasteiger partial charge in [0.2, 0.25) is 0 Å². The molecule has 1 fully saturated rings. The van der Waals surface area contributed by atoms with Crippen molar-refractivity contribution < 1.29 is 0 Å². The summed E-state index contributed by atoms with van der Waals surface area (Å²) >= 11 is 0. The smallest absolute Gasteiger partial charge is 0.00258 e. The van der Waals surface area contributed by atoms with Crippen LogP contribution in [0.25, 0.3) is 0 Å². The molecule has 0 spiro atoms. The third-order valence-corrected chi connectivity index (χ3v) is 5.37. The van der Waals surface area contributed by atoms with E-state index < -0.39 is 0 Å². The second-order valence-corrected chi connectivity index (χ2v) is 7.38. The predicted octanol–water partition coefficient (Wildman–Crippen LogP) is 6.49. The van der Waals surface area contributed by atoms with Crippen molar-refractivity contribution in [2.24, 2.45) is 5.92 Å². The maximum atomic E-state index is 2.35. The zero-order valence-corrected chi connectivity index (χ0v) is 14.6. The molecule has 1 aliphatic carbocycles. The molecule has 0 aliphatic heterocycles. The van der Waals surface area contributed by atoms with E-state index in [9.17, 15) is 0 Å². The van der Waals surface area contributed by atoms with Gasteiger partial charge in [-0.3, -0.25) is 0 Å². The minimum atomic E-state index is 0.977. The van der Waals surface area contributed by atoms with Crippen molar-refractivity contribution in [3.8, 4) is 0 Å². The van der Waals surface area contributed by atoms with Gasteiger partial charge in [0, 0.05) is 0 Å². The average molecular weight is 306 g/mol. The lowest BCUT2D eigenvalue weighted by Gasteiger charge is -2.13. The van der Waals surface area contributed by atoms with Gasteiger partial charge < -0.3 is 0 Å². The highest BCUT2D eigenvalue weighted by Gasteiger charge is 2.12. The van der Waals surface area contributed by atoms with E-state index >= 15 is 0 Å². The van der Waals surface area contributed by atoms with Gasteiger partial charge in [0.25, 0.3) is 0 Å². The molecule has 3 rings (SSSR count). The number of hydrogen-bond acceptors (Lipinski definition) is 0. The van der Waals surface area contributed by atoms with Crippen LogP contribution >= 0.6 is 0 Å². The molecule has 0 aromatic heterocycles. The molecule has 1 saturated carbocycles. The highest BCUT2D eigenvalue weighted by Crippen LogP contribution is 2.26. The summed E-state index contributed by atoms with van der Waals surface area (Å²) < 4.78 is 0. The molecule has 0 saturated heterocycles. The second-order valence-electron chi connectivity index (χ2n) is 7.38. The number of hydrogen-bond donors (Lipinski definition) is 0. The second kappa shape index (κ2) is 8.34. The van der Waals surface area contributed by atoms with Crippen LogP contribution in [-0.2, 0) is 12.8 Å². The average Bonchev–Trinajstić information content (AvgIpc) is 2.85. The lowest BCUT2D eigenvalue weighted by molar-refractivity contribution is 0.428. The van der Waals surface area contributed by atoms with Crippen LogP contribution in [-0.4, -0.2) is 0 Å². The lowest BCUT2D eigenvalue weighted by atomic mass is 9.92. The van der Waals surface area contributed by atoms with Crippen LogP contribution in [0.15, 0.2) is 48.5 Å². The topological polar surface area (TPSA) is 0 Å². The van der Waals surface area contributed by atoms with Gasteiger partial charge in [-0.1, -0.05) is 92.6 Å². The summed E-state index contributed by atoms with van der Waals surface area (Å²) in [5.41, 5.74) is 5.68. The Morgan fingerprint density at radius 3 is 1.83 bits per heavy atom. The molecule has 0 nitrogen and oxygen atoms in total. The normalized spacial score (nSPS) is 16.2. The van der Waals surface area contributed by atoms with Crippen molar-refractivity contribution in [1.29, 1.82) is 0 Å². The summed E-state index contributed by atoms with van der Waals surface area (Å²) in [6.45, 7) is 2.15. The fraction of sp³-hybridized carbons (Fsp3) is 0.478. The molecule has 1 aliphatic rings. The van der Waals surface area contributed by atoms with Gasteiger partial charge in [-0.25, -0.2) is 0 Å². The van der Waals surface area contributed by atoms with E-state index in [1.807, 2.05) is 0 Å². The van der Waals surface area contributed by atoms with Crippen LogP contribution in [0.4, 0.5) is 0 Å². The van der Waals surface area contributed by atoms with E-state index in [-0.39, 0.29) is 0 Å². The minimum Gasteiger partial charge on any atom is -0.0590 e. The van der Waals surface area contributed by atoms with Gasteiger partial charge in [-0.05, 0) is 48.8 Å². The van der Waals surface area contributed by atoms with Crippen molar-refractivity contribution >= 4 is 0 Å². The van der Waals surface area contributed by atoms with E-state index in [1.165, 1.54) is 73.6 Å². The maximum Gasteiger partial charge on any atom is -0.00258 e. The summed E-state index contributed by atoms with van der Waals surface area (Å²) in [5, 5.41) is 0. The summed E-state index contributed by atoms with van der Waals surface area (Å²) in [7, 11) is 0. The Balaban J connectivity index is 1.51. The van der Waals surface area contributed by atoms with Crippen LogP contribution < -0.4 is 0 Å². The van der Waals surface area contributed by atoms with Crippen molar-refractivity contribution in [3.63, 3.8) is 0 Å². The van der Waals surface area contributed by atoms with Crippen LogP contribution in [0.2, 0.25) is 0 Å². The first kappa shape index (κ1) is 16.3. The molecule has 23 heavy (non-hydrogen) atoms. The van der Waals surface area contributed by atoms with Crippen LogP contribution in [0.1, 0.15) is 67.2 Å². The third-order valence-electron chi connectivity index (χ3n) is 5.37. The third kappa shape index (κ3) is 5.23. The minimum absolute atomic E-state index is 0.977. The summed E-state index contributed by atoms with van der Waals surface area (Å²) in [4.78, 5) is 0. The van der Waals surface area contributed by atoms with Gasteiger partial charge in [0.1, 0.15) is 0 Å². The number of rotatable bonds is 5. The van der Waals surface area contributed by atoms with Gasteiger partial charge in [-0.15, -0.1) is 0 Å². The van der Waals surface area contributed by atoms with E-state index in [2.05, 4.69) is 55.5 Å². The summed E-state index contributed by atoms with van der Waals surface area (Å²) in [6.07, 6.45) is 12.5. The van der Waals surface area contributed by atoms with Crippen molar-refractivity contribution in [2.75, 3.05) is 0 Å². The molecule has 0 unspecified atom stereocenters.